The van der Waals surface area contributed by atoms with E-state index in [1.165, 1.54) is 37.4 Å². The second-order valence-electron chi connectivity index (χ2n) is 4.52. The summed E-state index contributed by atoms with van der Waals surface area (Å²) in [5.74, 6) is -1.20. The molecule has 8 heteroatoms. The number of carbonyl (C=O) groups excluding carboxylic acids is 1. The molecule has 0 bridgehead atoms. The molecule has 0 aliphatic rings. The van der Waals surface area contributed by atoms with Crippen molar-refractivity contribution >= 4 is 39.3 Å². The van der Waals surface area contributed by atoms with Crippen LogP contribution in [-0.2, 0) is 20.6 Å². The van der Waals surface area contributed by atoms with Gasteiger partial charge in [0.1, 0.15) is 11.3 Å². The first kappa shape index (κ1) is 17.6. The Morgan fingerprint density at radius 1 is 1.09 bits per heavy atom. The topological polar surface area (TPSA) is 69.7 Å². The van der Waals surface area contributed by atoms with Crippen molar-refractivity contribution in [1.29, 1.82) is 0 Å². The predicted molar refractivity (Wildman–Crippen MR) is 87.5 cm³/mol. The lowest BCUT2D eigenvalue weighted by molar-refractivity contribution is 0.0599. The fourth-order valence-corrected chi connectivity index (χ4v) is 3.20. The Kier molecular flexibility index (Phi) is 5.51. The average Bonchev–Trinajstić information content (AvgIpc) is 2.50. The zero-order valence-corrected chi connectivity index (χ0v) is 14.3. The molecule has 0 heterocycles. The normalized spacial score (nSPS) is 11.1. The minimum absolute atomic E-state index is 0.0210. The summed E-state index contributed by atoms with van der Waals surface area (Å²) in [7, 11) is -2.79. The van der Waals surface area contributed by atoms with E-state index in [0.29, 0.717) is 10.6 Å². The molecule has 0 aliphatic carbocycles. The van der Waals surface area contributed by atoms with Crippen molar-refractivity contribution in [3.8, 4) is 5.75 Å². The van der Waals surface area contributed by atoms with Crippen molar-refractivity contribution in [3.63, 3.8) is 0 Å². The van der Waals surface area contributed by atoms with E-state index in [4.69, 9.17) is 27.4 Å². The quantitative estimate of drug-likeness (QED) is 0.589. The Morgan fingerprint density at radius 3 is 2.43 bits per heavy atom. The van der Waals surface area contributed by atoms with Gasteiger partial charge in [0.2, 0.25) is 0 Å². The molecule has 0 N–H and O–H groups in total. The van der Waals surface area contributed by atoms with Gasteiger partial charge in [0.15, 0.2) is 5.75 Å². The maximum absolute atomic E-state index is 12.2. The first-order valence-electron chi connectivity index (χ1n) is 6.36. The predicted octanol–water partition coefficient (Wildman–Crippen LogP) is 3.69. The molecular formula is C15H12Cl2O5S. The second kappa shape index (κ2) is 7.21. The van der Waals surface area contributed by atoms with Gasteiger partial charge in [-0.1, -0.05) is 41.4 Å². The van der Waals surface area contributed by atoms with Crippen LogP contribution in [0.25, 0.3) is 0 Å². The van der Waals surface area contributed by atoms with Crippen molar-refractivity contribution in [2.75, 3.05) is 7.11 Å². The summed E-state index contributed by atoms with van der Waals surface area (Å²) >= 11 is 11.6. The van der Waals surface area contributed by atoms with Crippen molar-refractivity contribution in [2.24, 2.45) is 0 Å². The van der Waals surface area contributed by atoms with Crippen molar-refractivity contribution in [3.05, 3.63) is 63.6 Å². The maximum Gasteiger partial charge on any atom is 0.341 e. The second-order valence-corrected chi connectivity index (χ2v) is 6.91. The highest BCUT2D eigenvalue weighted by atomic mass is 35.5. The Balaban J connectivity index is 2.25. The molecule has 0 aliphatic heterocycles. The molecule has 0 spiro atoms. The SMILES string of the molecule is COC(=O)c1ccccc1OS(=O)(=O)Cc1ccc(Cl)c(Cl)c1. The third-order valence-corrected chi connectivity index (χ3v) is 4.70. The van der Waals surface area contributed by atoms with Crippen LogP contribution in [0.15, 0.2) is 42.5 Å². The fraction of sp³-hybridized carbons (Fsp3) is 0.133. The van der Waals surface area contributed by atoms with Crippen molar-refractivity contribution in [2.45, 2.75) is 5.75 Å². The number of methoxy groups -OCH3 is 1. The van der Waals surface area contributed by atoms with Gasteiger partial charge in [0.05, 0.1) is 17.2 Å². The van der Waals surface area contributed by atoms with E-state index in [1.807, 2.05) is 0 Å². The van der Waals surface area contributed by atoms with Crippen LogP contribution in [0, 0.1) is 0 Å². The summed E-state index contributed by atoms with van der Waals surface area (Å²) in [4.78, 5) is 11.6. The van der Waals surface area contributed by atoms with Crippen LogP contribution >= 0.6 is 23.2 Å². The highest BCUT2D eigenvalue weighted by molar-refractivity contribution is 7.86. The molecule has 0 radical (unpaired) electrons. The van der Waals surface area contributed by atoms with E-state index in [2.05, 4.69) is 4.74 Å². The lowest BCUT2D eigenvalue weighted by Gasteiger charge is -2.10. The first-order valence-corrected chi connectivity index (χ1v) is 8.69. The van der Waals surface area contributed by atoms with E-state index in [0.717, 1.165) is 0 Å². The molecule has 0 unspecified atom stereocenters. The van der Waals surface area contributed by atoms with Crippen LogP contribution in [0.3, 0.4) is 0 Å². The molecule has 0 saturated carbocycles. The third-order valence-electron chi connectivity index (χ3n) is 2.84. The summed E-state index contributed by atoms with van der Waals surface area (Å²) < 4.78 is 34.0. The number of hydrogen-bond donors (Lipinski definition) is 0. The fourth-order valence-electron chi connectivity index (χ4n) is 1.82. The van der Waals surface area contributed by atoms with Gasteiger partial charge >= 0.3 is 16.1 Å². The van der Waals surface area contributed by atoms with Gasteiger partial charge in [-0.25, -0.2) is 4.79 Å². The Hall–Kier alpha value is -1.76. The van der Waals surface area contributed by atoms with Crippen molar-refractivity contribution in [1.82, 2.24) is 0 Å². The van der Waals surface area contributed by atoms with E-state index in [1.54, 1.807) is 12.1 Å². The molecule has 23 heavy (non-hydrogen) atoms. The summed E-state index contributed by atoms with van der Waals surface area (Å²) in [6.45, 7) is 0. The average molecular weight is 375 g/mol. The zero-order valence-electron chi connectivity index (χ0n) is 12.0. The van der Waals surface area contributed by atoms with Gasteiger partial charge < -0.3 is 8.92 Å². The van der Waals surface area contributed by atoms with Gasteiger partial charge in [-0.3, -0.25) is 0 Å². The van der Waals surface area contributed by atoms with Gasteiger partial charge in [-0.05, 0) is 29.8 Å². The molecule has 2 rings (SSSR count). The summed E-state index contributed by atoms with van der Waals surface area (Å²) in [6, 6.07) is 10.4. The lowest BCUT2D eigenvalue weighted by Crippen LogP contribution is -2.14. The van der Waals surface area contributed by atoms with Crippen LogP contribution in [0.1, 0.15) is 15.9 Å². The highest BCUT2D eigenvalue weighted by Gasteiger charge is 2.20. The first-order chi connectivity index (χ1) is 10.8. The summed E-state index contributed by atoms with van der Waals surface area (Å²) in [5, 5.41) is 0.569. The Bertz CT molecular complexity index is 834. The van der Waals surface area contributed by atoms with Crippen LogP contribution in [0.2, 0.25) is 10.0 Å². The van der Waals surface area contributed by atoms with E-state index < -0.39 is 21.8 Å². The molecular weight excluding hydrogens is 363 g/mol. The van der Waals surface area contributed by atoms with Gasteiger partial charge in [-0.2, -0.15) is 8.42 Å². The third kappa shape index (κ3) is 4.60. The largest absolute Gasteiger partial charge is 0.465 e. The molecule has 5 nitrogen and oxygen atoms in total. The Morgan fingerprint density at radius 2 is 1.78 bits per heavy atom. The van der Waals surface area contributed by atoms with Crippen LogP contribution in [0.4, 0.5) is 0 Å². The maximum atomic E-state index is 12.2. The molecule has 0 amide bonds. The smallest absolute Gasteiger partial charge is 0.341 e. The standard InChI is InChI=1S/C15H12Cl2O5S/c1-21-15(18)11-4-2-3-5-14(11)22-23(19,20)9-10-6-7-12(16)13(17)8-10/h2-8H,9H2,1H3. The number of benzene rings is 2. The van der Waals surface area contributed by atoms with Crippen LogP contribution in [0.5, 0.6) is 5.75 Å². The number of para-hydroxylation sites is 1. The Labute approximate surface area is 143 Å². The molecule has 0 fully saturated rings. The number of carbonyl (C=O) groups is 1. The number of ether oxygens (including phenoxy) is 1. The van der Waals surface area contributed by atoms with Gasteiger partial charge in [-0.15, -0.1) is 0 Å². The molecule has 2 aromatic rings. The van der Waals surface area contributed by atoms with Gasteiger partial charge in [0.25, 0.3) is 0 Å². The molecule has 0 atom stereocenters. The minimum Gasteiger partial charge on any atom is -0.465 e. The van der Waals surface area contributed by atoms with Crippen LogP contribution < -0.4 is 4.18 Å². The number of rotatable bonds is 5. The number of esters is 1. The monoisotopic (exact) mass is 374 g/mol. The molecule has 122 valence electrons. The number of halogens is 2. The molecule has 0 saturated heterocycles. The van der Waals surface area contributed by atoms with Gasteiger partial charge in [0, 0.05) is 0 Å². The van der Waals surface area contributed by atoms with E-state index in [9.17, 15) is 13.2 Å². The summed E-state index contributed by atoms with van der Waals surface area (Å²) in [5.41, 5.74) is 0.433. The molecule has 2 aromatic carbocycles. The van der Waals surface area contributed by atoms with E-state index >= 15 is 0 Å². The lowest BCUT2D eigenvalue weighted by atomic mass is 10.2. The van der Waals surface area contributed by atoms with Crippen LogP contribution in [-0.4, -0.2) is 21.5 Å². The summed E-state index contributed by atoms with van der Waals surface area (Å²) in [6.07, 6.45) is 0. The highest BCUT2D eigenvalue weighted by Crippen LogP contribution is 2.25. The zero-order chi connectivity index (χ0) is 17.0. The van der Waals surface area contributed by atoms with Crippen molar-refractivity contribution < 1.29 is 22.1 Å². The number of hydrogen-bond acceptors (Lipinski definition) is 5. The molecule has 0 aromatic heterocycles. The van der Waals surface area contributed by atoms with E-state index in [-0.39, 0.29) is 16.3 Å². The minimum atomic E-state index is -3.99.